The number of aliphatic hydroxyl groups is 1. The predicted octanol–water partition coefficient (Wildman–Crippen LogP) is 5.24. The molecule has 1 fully saturated rings. The second-order valence-electron chi connectivity index (χ2n) is 13.1. The van der Waals surface area contributed by atoms with Gasteiger partial charge in [-0.1, -0.05) is 36.4 Å². The highest BCUT2D eigenvalue weighted by Crippen LogP contribution is 2.39. The number of allylic oxidation sites excluding steroid dienone is 3. The van der Waals surface area contributed by atoms with Crippen molar-refractivity contribution in [2.75, 3.05) is 38.6 Å². The van der Waals surface area contributed by atoms with E-state index in [4.69, 9.17) is 0 Å². The first-order valence-electron chi connectivity index (χ1n) is 16.1. The topological polar surface area (TPSA) is 108 Å². The van der Waals surface area contributed by atoms with Crippen molar-refractivity contribution in [3.8, 4) is 11.1 Å². The molecule has 47 heavy (non-hydrogen) atoms. The number of likely N-dealkylation sites (N-methyl/N-ethyl adjacent to an activating group) is 2. The van der Waals surface area contributed by atoms with Crippen LogP contribution < -0.4 is 10.2 Å². The number of nitrogens with one attached hydrogen (secondary N) is 1. The maximum atomic E-state index is 14.6. The molecule has 1 aliphatic carbocycles. The smallest absolute Gasteiger partial charge is 0.253 e. The van der Waals surface area contributed by atoms with Gasteiger partial charge in [0.1, 0.15) is 4.75 Å². The SMILES string of the molecule is CN[C@H]1CCN(c2ccc(C3=CC(C)(S(=O)(=O)n4cc(-c5ccc(C(=O)N(C)C[C@@H](C)O)cc5)c5cccnc54)CC=C3)cc2C)C1. The van der Waals surface area contributed by atoms with E-state index < -0.39 is 20.9 Å². The molecule has 1 aliphatic heterocycles. The lowest BCUT2D eigenvalue weighted by Crippen LogP contribution is -2.38. The zero-order valence-corrected chi connectivity index (χ0v) is 28.5. The Kier molecular flexibility index (Phi) is 8.86. The summed E-state index contributed by atoms with van der Waals surface area (Å²) in [4.78, 5) is 21.2. The Bertz CT molecular complexity index is 1980. The van der Waals surface area contributed by atoms with Gasteiger partial charge in [0, 0.05) is 67.3 Å². The number of aliphatic hydroxyl groups excluding tert-OH is 1. The third-order valence-corrected chi connectivity index (χ3v) is 11.7. The second kappa shape index (κ2) is 12.7. The van der Waals surface area contributed by atoms with E-state index in [9.17, 15) is 18.3 Å². The van der Waals surface area contributed by atoms with E-state index in [1.807, 2.05) is 43.5 Å². The van der Waals surface area contributed by atoms with Crippen LogP contribution >= 0.6 is 0 Å². The van der Waals surface area contributed by atoms with Crippen LogP contribution in [-0.4, -0.2) is 83.9 Å². The highest BCUT2D eigenvalue weighted by Gasteiger charge is 2.41. The number of rotatable bonds is 9. The summed E-state index contributed by atoms with van der Waals surface area (Å²) in [6, 6.07) is 17.6. The predicted molar refractivity (Wildman–Crippen MR) is 189 cm³/mol. The van der Waals surface area contributed by atoms with Crippen molar-refractivity contribution in [3.05, 3.63) is 102 Å². The number of hydrogen-bond donors (Lipinski definition) is 2. The Hall–Kier alpha value is -4.25. The first-order valence-corrected chi connectivity index (χ1v) is 17.5. The molecule has 10 heteroatoms. The number of carbonyl (C=O) groups is 1. The molecule has 0 spiro atoms. The molecule has 0 bridgehead atoms. The van der Waals surface area contributed by atoms with Gasteiger partial charge in [0.15, 0.2) is 5.65 Å². The molecule has 246 valence electrons. The molecule has 1 unspecified atom stereocenters. The molecule has 2 N–H and O–H groups in total. The van der Waals surface area contributed by atoms with Crippen LogP contribution in [0.25, 0.3) is 27.7 Å². The molecule has 3 atom stereocenters. The number of fused-ring (bicyclic) bond motifs is 1. The van der Waals surface area contributed by atoms with Crippen molar-refractivity contribution >= 4 is 38.2 Å². The summed E-state index contributed by atoms with van der Waals surface area (Å²) < 4.78 is 29.2. The Balaban J connectivity index is 1.32. The average molecular weight is 654 g/mol. The maximum absolute atomic E-state index is 14.6. The molecule has 1 amide bonds. The minimum absolute atomic E-state index is 0.201. The minimum Gasteiger partial charge on any atom is -0.392 e. The molecule has 2 aromatic heterocycles. The van der Waals surface area contributed by atoms with E-state index in [1.54, 1.807) is 51.5 Å². The molecule has 0 radical (unpaired) electrons. The molecular weight excluding hydrogens is 611 g/mol. The van der Waals surface area contributed by atoms with E-state index in [-0.39, 0.29) is 12.5 Å². The zero-order chi connectivity index (χ0) is 33.5. The number of pyridine rings is 1. The number of hydrogen-bond acceptors (Lipinski definition) is 7. The highest BCUT2D eigenvalue weighted by atomic mass is 32.2. The number of nitrogens with zero attached hydrogens (tertiary/aromatic N) is 4. The van der Waals surface area contributed by atoms with Gasteiger partial charge < -0.3 is 20.2 Å². The second-order valence-corrected chi connectivity index (χ2v) is 15.3. The first kappa shape index (κ1) is 32.7. The third kappa shape index (κ3) is 6.13. The van der Waals surface area contributed by atoms with Gasteiger partial charge in [-0.3, -0.25) is 4.79 Å². The third-order valence-electron chi connectivity index (χ3n) is 9.46. The van der Waals surface area contributed by atoms with Gasteiger partial charge in [0.2, 0.25) is 10.0 Å². The molecule has 3 heterocycles. The highest BCUT2D eigenvalue weighted by molar-refractivity contribution is 7.91. The first-order chi connectivity index (χ1) is 22.4. The fraction of sp³-hybridized carbons (Fsp3) is 0.351. The maximum Gasteiger partial charge on any atom is 0.253 e. The Morgan fingerprint density at radius 2 is 1.91 bits per heavy atom. The van der Waals surface area contributed by atoms with Gasteiger partial charge in [0.05, 0.1) is 6.10 Å². The summed E-state index contributed by atoms with van der Waals surface area (Å²) in [6.45, 7) is 7.73. The summed E-state index contributed by atoms with van der Waals surface area (Å²) >= 11 is 0. The molecule has 4 aromatic rings. The number of aryl methyl sites for hydroxylation is 1. The van der Waals surface area contributed by atoms with Crippen LogP contribution in [0.4, 0.5) is 5.69 Å². The number of anilines is 1. The molecular formula is C37H43N5O4S. The van der Waals surface area contributed by atoms with Crippen LogP contribution in [0.1, 0.15) is 48.2 Å². The lowest BCUT2D eigenvalue weighted by Gasteiger charge is -2.29. The van der Waals surface area contributed by atoms with Gasteiger partial charge in [-0.05, 0) is 99.3 Å². The van der Waals surface area contributed by atoms with E-state index in [2.05, 4.69) is 40.3 Å². The van der Waals surface area contributed by atoms with E-state index in [0.29, 0.717) is 34.6 Å². The summed E-state index contributed by atoms with van der Waals surface area (Å²) in [6.07, 6.45) is 9.89. The lowest BCUT2D eigenvalue weighted by atomic mass is 9.92. The fourth-order valence-corrected chi connectivity index (χ4v) is 8.43. The van der Waals surface area contributed by atoms with Gasteiger partial charge in [-0.25, -0.2) is 17.4 Å². The largest absolute Gasteiger partial charge is 0.392 e. The van der Waals surface area contributed by atoms with Gasteiger partial charge in [0.25, 0.3) is 5.91 Å². The molecule has 6 rings (SSSR count). The molecule has 2 aromatic carbocycles. The van der Waals surface area contributed by atoms with Crippen molar-refractivity contribution < 1.29 is 18.3 Å². The Morgan fingerprint density at radius 1 is 1.17 bits per heavy atom. The van der Waals surface area contributed by atoms with Crippen LogP contribution in [0.2, 0.25) is 0 Å². The van der Waals surface area contributed by atoms with Crippen LogP contribution in [0.3, 0.4) is 0 Å². The number of carbonyl (C=O) groups excluding carboxylic acids is 1. The van der Waals surface area contributed by atoms with Crippen molar-refractivity contribution in [2.45, 2.75) is 50.5 Å². The minimum atomic E-state index is -3.97. The fourth-order valence-electron chi connectivity index (χ4n) is 6.78. The Morgan fingerprint density at radius 3 is 2.60 bits per heavy atom. The number of amides is 1. The molecule has 1 saturated heterocycles. The van der Waals surface area contributed by atoms with Crippen molar-refractivity contribution in [2.24, 2.45) is 0 Å². The van der Waals surface area contributed by atoms with Gasteiger partial charge >= 0.3 is 0 Å². The standard InChI is InChI=1S/C37H43N5O4S/c1-25-20-29(14-15-34(25)41-19-16-31(23-41)38-4)30-8-6-17-37(3,21-30)47(45,46)42-24-33(32-9-7-18-39-35(32)42)27-10-12-28(13-11-27)36(44)40(5)22-26(2)43/h6-15,18,20-21,24,26,31,38,43H,16-17,19,22-23H2,1-5H3/t26-,31+,37?/m1/s1. The zero-order valence-electron chi connectivity index (χ0n) is 27.6. The molecule has 0 saturated carbocycles. The normalized spacial score (nSPS) is 20.4. The summed E-state index contributed by atoms with van der Waals surface area (Å²) in [5.41, 5.74) is 6.55. The van der Waals surface area contributed by atoms with E-state index in [0.717, 1.165) is 41.8 Å². The summed E-state index contributed by atoms with van der Waals surface area (Å²) in [5, 5.41) is 13.8. The lowest BCUT2D eigenvalue weighted by molar-refractivity contribution is 0.0703. The monoisotopic (exact) mass is 653 g/mol. The van der Waals surface area contributed by atoms with Gasteiger partial charge in [-0.2, -0.15) is 0 Å². The number of benzene rings is 2. The molecule has 2 aliphatic rings. The van der Waals surface area contributed by atoms with Crippen LogP contribution in [-0.2, 0) is 10.0 Å². The van der Waals surface area contributed by atoms with Gasteiger partial charge in [-0.15, -0.1) is 0 Å². The Labute approximate surface area is 277 Å². The summed E-state index contributed by atoms with van der Waals surface area (Å²) in [5.74, 6) is -0.201. The van der Waals surface area contributed by atoms with Crippen molar-refractivity contribution in [1.82, 2.24) is 19.2 Å². The number of aromatic nitrogens is 2. The van der Waals surface area contributed by atoms with Crippen molar-refractivity contribution in [3.63, 3.8) is 0 Å². The van der Waals surface area contributed by atoms with E-state index in [1.165, 1.54) is 14.6 Å². The van der Waals surface area contributed by atoms with Crippen LogP contribution in [0.5, 0.6) is 0 Å². The van der Waals surface area contributed by atoms with Crippen LogP contribution in [0.15, 0.2) is 85.2 Å². The summed E-state index contributed by atoms with van der Waals surface area (Å²) in [7, 11) is -0.316. The van der Waals surface area contributed by atoms with Crippen molar-refractivity contribution in [1.29, 1.82) is 0 Å². The quantitative estimate of drug-likeness (QED) is 0.254. The van der Waals surface area contributed by atoms with Crippen LogP contribution in [0, 0.1) is 6.92 Å². The van der Waals surface area contributed by atoms with E-state index >= 15 is 0 Å². The molecule has 9 nitrogen and oxygen atoms in total. The average Bonchev–Trinajstić information content (AvgIpc) is 3.70.